The molecule has 4 nitrogen and oxygen atoms in total. The molecule has 0 radical (unpaired) electrons. The molecule has 0 atom stereocenters. The van der Waals surface area contributed by atoms with Crippen LogP contribution in [0.3, 0.4) is 0 Å². The van der Waals surface area contributed by atoms with E-state index < -0.39 is 0 Å². The average Bonchev–Trinajstić information content (AvgIpc) is 2.59. The van der Waals surface area contributed by atoms with Crippen molar-refractivity contribution < 1.29 is 4.79 Å². The summed E-state index contributed by atoms with van der Waals surface area (Å²) >= 11 is 1.48. The second-order valence-electron chi connectivity index (χ2n) is 5.81. The van der Waals surface area contributed by atoms with Crippen LogP contribution in [0.4, 0.5) is 5.69 Å². The van der Waals surface area contributed by atoms with Gasteiger partial charge in [-0.2, -0.15) is 0 Å². The van der Waals surface area contributed by atoms with E-state index >= 15 is 0 Å². The largest absolute Gasteiger partial charge is 0.324 e. The van der Waals surface area contributed by atoms with Crippen molar-refractivity contribution in [2.45, 2.75) is 18.9 Å². The van der Waals surface area contributed by atoms with E-state index in [1.54, 1.807) is 6.07 Å². The molecule has 0 unspecified atom stereocenters. The number of nitrogens with zero attached hydrogens (tertiary/aromatic N) is 2. The fraction of sp³-hybridized carbons (Fsp3) is 0.200. The number of para-hydroxylation sites is 1. The maximum atomic E-state index is 10.9. The van der Waals surface area contributed by atoms with Crippen molar-refractivity contribution in [2.24, 2.45) is 0 Å². The Morgan fingerprint density at radius 3 is 2.68 bits per heavy atom. The Balaban J connectivity index is 0.00000225. The molecule has 25 heavy (non-hydrogen) atoms. The molecule has 1 aromatic heterocycles. The van der Waals surface area contributed by atoms with E-state index in [-0.39, 0.29) is 7.43 Å². The summed E-state index contributed by atoms with van der Waals surface area (Å²) < 4.78 is 3.36. The minimum absolute atomic E-state index is 0. The SMILES string of the molecule is C.CN(C)Cc1ccc2cccc(NSc3cccc(C=O)c3)c2n1. The smallest absolute Gasteiger partial charge is 0.150 e. The Bertz CT molecular complexity index is 864. The Kier molecular flexibility index (Phi) is 6.56. The van der Waals surface area contributed by atoms with Crippen LogP contribution in [0.1, 0.15) is 23.5 Å². The summed E-state index contributed by atoms with van der Waals surface area (Å²) in [5, 5.41) is 1.10. The zero-order valence-electron chi connectivity index (χ0n) is 13.7. The molecule has 0 aliphatic carbocycles. The number of carbonyl (C=O) groups excluding carboxylic acids is 1. The predicted molar refractivity (Wildman–Crippen MR) is 107 cm³/mol. The van der Waals surface area contributed by atoms with Gasteiger partial charge in [0.1, 0.15) is 6.29 Å². The van der Waals surface area contributed by atoms with Crippen molar-refractivity contribution in [3.05, 3.63) is 65.9 Å². The molecule has 0 saturated heterocycles. The van der Waals surface area contributed by atoms with E-state index in [4.69, 9.17) is 4.98 Å². The summed E-state index contributed by atoms with van der Waals surface area (Å²) in [4.78, 5) is 18.8. The van der Waals surface area contributed by atoms with Crippen LogP contribution in [0.25, 0.3) is 10.9 Å². The molecule has 3 rings (SSSR count). The molecule has 0 saturated carbocycles. The molecule has 0 spiro atoms. The first kappa shape index (κ1) is 19.0. The van der Waals surface area contributed by atoms with Gasteiger partial charge in [-0.15, -0.1) is 0 Å². The van der Waals surface area contributed by atoms with Gasteiger partial charge in [0.05, 0.1) is 16.9 Å². The van der Waals surface area contributed by atoms with Crippen LogP contribution >= 0.6 is 11.9 Å². The Morgan fingerprint density at radius 2 is 1.92 bits per heavy atom. The number of fused-ring (bicyclic) bond motifs is 1. The summed E-state index contributed by atoms with van der Waals surface area (Å²) in [5.74, 6) is 0. The van der Waals surface area contributed by atoms with Gasteiger partial charge >= 0.3 is 0 Å². The first-order valence-electron chi connectivity index (χ1n) is 7.67. The predicted octanol–water partition coefficient (Wildman–Crippen LogP) is 4.86. The highest BCUT2D eigenvalue weighted by Crippen LogP contribution is 2.27. The number of hydrogen-bond donors (Lipinski definition) is 1. The molecule has 0 aliphatic rings. The van der Waals surface area contributed by atoms with Crippen LogP contribution < -0.4 is 4.72 Å². The normalized spacial score (nSPS) is 10.5. The lowest BCUT2D eigenvalue weighted by atomic mass is 10.2. The molecule has 3 aromatic rings. The first-order valence-corrected chi connectivity index (χ1v) is 8.49. The third-order valence-corrected chi connectivity index (χ3v) is 4.34. The second-order valence-corrected chi connectivity index (χ2v) is 6.69. The quantitative estimate of drug-likeness (QED) is 0.506. The van der Waals surface area contributed by atoms with E-state index in [1.807, 2.05) is 44.4 Å². The lowest BCUT2D eigenvalue weighted by molar-refractivity contribution is 0.112. The van der Waals surface area contributed by atoms with Gasteiger partial charge in [-0.25, -0.2) is 4.98 Å². The summed E-state index contributed by atoms with van der Waals surface area (Å²) in [6.07, 6.45) is 0.858. The number of hydrogen-bond acceptors (Lipinski definition) is 5. The van der Waals surface area contributed by atoms with Gasteiger partial charge in [0.15, 0.2) is 0 Å². The number of pyridine rings is 1. The van der Waals surface area contributed by atoms with Crippen molar-refractivity contribution in [1.29, 1.82) is 0 Å². The lowest BCUT2D eigenvalue weighted by Crippen LogP contribution is -2.11. The van der Waals surface area contributed by atoms with E-state index in [0.717, 1.165) is 40.0 Å². The molecule has 2 aromatic carbocycles. The minimum Gasteiger partial charge on any atom is -0.324 e. The van der Waals surface area contributed by atoms with Crippen LogP contribution in [0.2, 0.25) is 0 Å². The van der Waals surface area contributed by atoms with Gasteiger partial charge in [-0.1, -0.05) is 37.8 Å². The molecule has 130 valence electrons. The highest BCUT2D eigenvalue weighted by molar-refractivity contribution is 8.00. The van der Waals surface area contributed by atoms with E-state index in [0.29, 0.717) is 5.56 Å². The zero-order valence-corrected chi connectivity index (χ0v) is 14.5. The maximum absolute atomic E-state index is 10.9. The Morgan fingerprint density at radius 1 is 1.12 bits per heavy atom. The monoisotopic (exact) mass is 353 g/mol. The third-order valence-electron chi connectivity index (χ3n) is 3.53. The molecule has 0 amide bonds. The number of aromatic nitrogens is 1. The molecule has 5 heteroatoms. The number of rotatable bonds is 6. The van der Waals surface area contributed by atoms with Crippen LogP contribution in [0.5, 0.6) is 0 Å². The fourth-order valence-corrected chi connectivity index (χ4v) is 3.18. The van der Waals surface area contributed by atoms with Crippen molar-refractivity contribution >= 4 is 34.8 Å². The van der Waals surface area contributed by atoms with Gasteiger partial charge < -0.3 is 9.62 Å². The van der Waals surface area contributed by atoms with E-state index in [2.05, 4.69) is 27.8 Å². The molecule has 0 bridgehead atoms. The van der Waals surface area contributed by atoms with Crippen molar-refractivity contribution in [2.75, 3.05) is 18.8 Å². The van der Waals surface area contributed by atoms with Crippen LogP contribution in [-0.4, -0.2) is 30.3 Å². The standard InChI is InChI=1S/C19H19N3OS.CH4/c1-22(2)12-16-10-9-15-6-4-8-18(19(15)20-16)21-24-17-7-3-5-14(11-17)13-23;/h3-11,13,21H,12H2,1-2H3;1H4. The third kappa shape index (κ3) is 4.81. The Hall–Kier alpha value is -2.37. The number of nitrogens with one attached hydrogen (secondary N) is 1. The van der Waals surface area contributed by atoms with Gasteiger partial charge in [-0.05, 0) is 50.3 Å². The molecule has 1 N–H and O–H groups in total. The van der Waals surface area contributed by atoms with E-state index in [1.165, 1.54) is 11.9 Å². The summed E-state index contributed by atoms with van der Waals surface area (Å²) in [7, 11) is 4.07. The van der Waals surface area contributed by atoms with Crippen LogP contribution in [0, 0.1) is 0 Å². The highest BCUT2D eigenvalue weighted by Gasteiger charge is 2.06. The number of aldehydes is 1. The highest BCUT2D eigenvalue weighted by atomic mass is 32.2. The topological polar surface area (TPSA) is 45.2 Å². The number of anilines is 1. The van der Waals surface area contributed by atoms with Gasteiger partial charge in [0, 0.05) is 22.4 Å². The van der Waals surface area contributed by atoms with Gasteiger partial charge in [-0.3, -0.25) is 4.79 Å². The van der Waals surface area contributed by atoms with Crippen molar-refractivity contribution in [3.8, 4) is 0 Å². The van der Waals surface area contributed by atoms with Crippen LogP contribution in [-0.2, 0) is 6.54 Å². The second kappa shape index (κ2) is 8.65. The van der Waals surface area contributed by atoms with Gasteiger partial charge in [0.25, 0.3) is 0 Å². The summed E-state index contributed by atoms with van der Waals surface area (Å²) in [6, 6.07) is 17.8. The molecule has 0 fully saturated rings. The number of benzene rings is 2. The van der Waals surface area contributed by atoms with E-state index in [9.17, 15) is 4.79 Å². The number of carbonyl (C=O) groups is 1. The molecule has 0 aliphatic heterocycles. The Labute approximate surface area is 153 Å². The van der Waals surface area contributed by atoms with Gasteiger partial charge in [0.2, 0.25) is 0 Å². The van der Waals surface area contributed by atoms with Crippen molar-refractivity contribution in [3.63, 3.8) is 0 Å². The average molecular weight is 353 g/mol. The lowest BCUT2D eigenvalue weighted by Gasteiger charge is -2.12. The molecular weight excluding hydrogens is 330 g/mol. The minimum atomic E-state index is 0. The summed E-state index contributed by atoms with van der Waals surface area (Å²) in [6.45, 7) is 0.804. The zero-order chi connectivity index (χ0) is 16.9. The fourth-order valence-electron chi connectivity index (χ4n) is 2.45. The summed E-state index contributed by atoms with van der Waals surface area (Å²) in [5.41, 5.74) is 3.63. The molecule has 1 heterocycles. The van der Waals surface area contributed by atoms with Crippen LogP contribution in [0.15, 0.2) is 59.5 Å². The maximum Gasteiger partial charge on any atom is 0.150 e. The molecular formula is C20H23N3OS. The van der Waals surface area contributed by atoms with Crippen molar-refractivity contribution in [1.82, 2.24) is 9.88 Å². The first-order chi connectivity index (χ1) is 11.7.